The van der Waals surface area contributed by atoms with E-state index in [0.29, 0.717) is 25.1 Å². The van der Waals surface area contributed by atoms with Gasteiger partial charge < -0.3 is 10.4 Å². The molecule has 3 aromatic rings. The fourth-order valence-corrected chi connectivity index (χ4v) is 3.05. The molecule has 0 amide bonds. The molecule has 0 radical (unpaired) electrons. The van der Waals surface area contributed by atoms with E-state index in [1.165, 1.54) is 6.07 Å². The number of pyridine rings is 2. The molecule has 0 aliphatic heterocycles. The van der Waals surface area contributed by atoms with Crippen LogP contribution in [0.25, 0.3) is 10.9 Å². The van der Waals surface area contributed by atoms with Crippen LogP contribution in [0.5, 0.6) is 0 Å². The van der Waals surface area contributed by atoms with E-state index in [4.69, 9.17) is 0 Å². The maximum Gasteiger partial charge on any atom is 0.433 e. The van der Waals surface area contributed by atoms with Gasteiger partial charge in [0.25, 0.3) is 0 Å². The number of alkyl halides is 6. The predicted octanol–water partition coefficient (Wildman–Crippen LogP) is 4.53. The number of benzene rings is 1. The summed E-state index contributed by atoms with van der Waals surface area (Å²) in [5.41, 5.74) is -2.97. The second-order valence-electron chi connectivity index (χ2n) is 6.63. The van der Waals surface area contributed by atoms with Crippen molar-refractivity contribution in [2.45, 2.75) is 24.9 Å². The van der Waals surface area contributed by atoms with Gasteiger partial charge in [-0.2, -0.15) is 26.3 Å². The van der Waals surface area contributed by atoms with Crippen LogP contribution in [0.15, 0.2) is 48.8 Å². The van der Waals surface area contributed by atoms with Crippen LogP contribution in [-0.2, 0) is 18.8 Å². The minimum absolute atomic E-state index is 0.146. The summed E-state index contributed by atoms with van der Waals surface area (Å²) >= 11 is 0. The molecule has 2 N–H and O–H groups in total. The highest BCUT2D eigenvalue weighted by molar-refractivity contribution is 5.86. The molecule has 0 aliphatic carbocycles. The SMILES string of the molecule is OC(CNCCc1cccnc1)c1cc(C(F)(F)F)nc2c(C(F)(F)F)cccc12. The maximum atomic E-state index is 13.3. The normalized spacial score (nSPS) is 13.6. The largest absolute Gasteiger partial charge is 0.433 e. The van der Waals surface area contributed by atoms with Crippen molar-refractivity contribution in [2.24, 2.45) is 0 Å². The first-order valence-electron chi connectivity index (χ1n) is 8.93. The van der Waals surface area contributed by atoms with E-state index in [9.17, 15) is 31.4 Å². The molecule has 0 bridgehead atoms. The summed E-state index contributed by atoms with van der Waals surface area (Å²) in [6.45, 7) is 0.249. The van der Waals surface area contributed by atoms with E-state index < -0.39 is 35.2 Å². The third kappa shape index (κ3) is 5.06. The summed E-state index contributed by atoms with van der Waals surface area (Å²) in [5.74, 6) is 0. The Morgan fingerprint density at radius 3 is 2.40 bits per heavy atom. The third-order valence-electron chi connectivity index (χ3n) is 4.48. The first kappa shape index (κ1) is 22.0. The number of rotatable bonds is 6. The average Bonchev–Trinajstić information content (AvgIpc) is 2.69. The first-order valence-corrected chi connectivity index (χ1v) is 8.93. The minimum atomic E-state index is -4.96. The molecule has 160 valence electrons. The Balaban J connectivity index is 1.89. The standard InChI is InChI=1S/C20H17F6N3O/c21-19(22,23)15-5-1-4-13-14(9-17(20(24,25)26)29-18(13)15)16(30)11-28-8-6-12-3-2-7-27-10-12/h1-5,7,9-10,16,28,30H,6,8,11H2. The van der Waals surface area contributed by atoms with Crippen molar-refractivity contribution in [2.75, 3.05) is 13.1 Å². The second-order valence-corrected chi connectivity index (χ2v) is 6.63. The van der Waals surface area contributed by atoms with Crippen molar-refractivity contribution in [1.82, 2.24) is 15.3 Å². The number of fused-ring (bicyclic) bond motifs is 1. The minimum Gasteiger partial charge on any atom is -0.387 e. The van der Waals surface area contributed by atoms with E-state index in [2.05, 4.69) is 15.3 Å². The monoisotopic (exact) mass is 429 g/mol. The van der Waals surface area contributed by atoms with Crippen molar-refractivity contribution >= 4 is 10.9 Å². The molecule has 0 spiro atoms. The van der Waals surface area contributed by atoms with Gasteiger partial charge in [0, 0.05) is 24.3 Å². The highest BCUT2D eigenvalue weighted by Gasteiger charge is 2.37. The zero-order chi connectivity index (χ0) is 21.9. The first-order chi connectivity index (χ1) is 14.1. The number of hydrogen-bond acceptors (Lipinski definition) is 4. The van der Waals surface area contributed by atoms with Gasteiger partial charge in [-0.1, -0.05) is 18.2 Å². The molecule has 4 nitrogen and oxygen atoms in total. The lowest BCUT2D eigenvalue weighted by Crippen LogP contribution is -2.24. The highest BCUT2D eigenvalue weighted by atomic mass is 19.4. The number of aliphatic hydroxyl groups excluding tert-OH is 1. The van der Waals surface area contributed by atoms with Crippen molar-refractivity contribution in [1.29, 1.82) is 0 Å². The molecular formula is C20H17F6N3O. The highest BCUT2D eigenvalue weighted by Crippen LogP contribution is 2.38. The summed E-state index contributed by atoms with van der Waals surface area (Å²) in [6.07, 6.45) is -7.49. The fraction of sp³-hybridized carbons (Fsp3) is 0.300. The van der Waals surface area contributed by atoms with Crippen LogP contribution in [0.2, 0.25) is 0 Å². The smallest absolute Gasteiger partial charge is 0.387 e. The molecule has 0 fully saturated rings. The second kappa shape index (κ2) is 8.57. The Bertz CT molecular complexity index is 1010. The Kier molecular flexibility index (Phi) is 6.27. The fourth-order valence-electron chi connectivity index (χ4n) is 3.05. The van der Waals surface area contributed by atoms with Gasteiger partial charge in [0.15, 0.2) is 0 Å². The third-order valence-corrected chi connectivity index (χ3v) is 4.48. The summed E-state index contributed by atoms with van der Waals surface area (Å²) in [7, 11) is 0. The molecule has 10 heteroatoms. The van der Waals surface area contributed by atoms with E-state index in [1.807, 2.05) is 6.07 Å². The van der Waals surface area contributed by atoms with Crippen LogP contribution in [0, 0.1) is 0 Å². The number of aromatic nitrogens is 2. The Hall–Kier alpha value is -2.72. The Labute approximate surface area is 167 Å². The van der Waals surface area contributed by atoms with Gasteiger partial charge in [0.05, 0.1) is 17.2 Å². The molecule has 1 atom stereocenters. The van der Waals surface area contributed by atoms with Gasteiger partial charge in [-0.25, -0.2) is 4.98 Å². The molecule has 0 saturated heterocycles. The molecule has 1 unspecified atom stereocenters. The molecule has 2 aromatic heterocycles. The van der Waals surface area contributed by atoms with Gasteiger partial charge in [-0.15, -0.1) is 0 Å². The molecule has 2 heterocycles. The van der Waals surface area contributed by atoms with E-state index in [1.54, 1.807) is 18.5 Å². The number of aliphatic hydroxyl groups is 1. The lowest BCUT2D eigenvalue weighted by Gasteiger charge is -2.19. The summed E-state index contributed by atoms with van der Waals surface area (Å²) in [6, 6.07) is 7.14. The van der Waals surface area contributed by atoms with Crippen molar-refractivity contribution in [3.8, 4) is 0 Å². The quantitative estimate of drug-likeness (QED) is 0.447. The lowest BCUT2D eigenvalue weighted by molar-refractivity contribution is -0.142. The van der Waals surface area contributed by atoms with Crippen LogP contribution in [0.4, 0.5) is 26.3 Å². The summed E-state index contributed by atoms with van der Waals surface area (Å²) in [5, 5.41) is 13.2. The van der Waals surface area contributed by atoms with Gasteiger partial charge in [0.1, 0.15) is 5.69 Å². The summed E-state index contributed by atoms with van der Waals surface area (Å²) in [4.78, 5) is 7.17. The predicted molar refractivity (Wildman–Crippen MR) is 97.5 cm³/mol. The van der Waals surface area contributed by atoms with Gasteiger partial charge in [-0.3, -0.25) is 4.98 Å². The van der Waals surface area contributed by atoms with Crippen LogP contribution in [-0.4, -0.2) is 28.2 Å². The lowest BCUT2D eigenvalue weighted by atomic mass is 9.99. The zero-order valence-electron chi connectivity index (χ0n) is 15.4. The number of nitrogens with zero attached hydrogens (tertiary/aromatic N) is 2. The molecule has 0 aliphatic rings. The number of para-hydroxylation sites is 1. The van der Waals surface area contributed by atoms with Gasteiger partial charge in [0.2, 0.25) is 0 Å². The van der Waals surface area contributed by atoms with Crippen molar-refractivity contribution in [3.63, 3.8) is 0 Å². The molecule has 30 heavy (non-hydrogen) atoms. The van der Waals surface area contributed by atoms with Crippen LogP contribution in [0.1, 0.15) is 28.5 Å². The van der Waals surface area contributed by atoms with Gasteiger partial charge in [-0.05, 0) is 42.3 Å². The molecular weight excluding hydrogens is 412 g/mol. The number of hydrogen-bond donors (Lipinski definition) is 2. The van der Waals surface area contributed by atoms with Gasteiger partial charge >= 0.3 is 12.4 Å². The van der Waals surface area contributed by atoms with Crippen LogP contribution in [0.3, 0.4) is 0 Å². The van der Waals surface area contributed by atoms with Crippen molar-refractivity contribution < 1.29 is 31.4 Å². The Morgan fingerprint density at radius 1 is 1.00 bits per heavy atom. The summed E-state index contributed by atoms with van der Waals surface area (Å²) < 4.78 is 79.6. The maximum absolute atomic E-state index is 13.3. The van der Waals surface area contributed by atoms with Crippen molar-refractivity contribution in [3.05, 3.63) is 71.2 Å². The number of halogens is 6. The van der Waals surface area contributed by atoms with Crippen LogP contribution >= 0.6 is 0 Å². The van der Waals surface area contributed by atoms with E-state index >= 15 is 0 Å². The average molecular weight is 429 g/mol. The molecule has 0 saturated carbocycles. The van der Waals surface area contributed by atoms with E-state index in [-0.39, 0.29) is 17.5 Å². The number of nitrogens with one attached hydrogen (secondary N) is 1. The van der Waals surface area contributed by atoms with Crippen LogP contribution < -0.4 is 5.32 Å². The molecule has 3 rings (SSSR count). The zero-order valence-corrected chi connectivity index (χ0v) is 15.4. The topological polar surface area (TPSA) is 58.0 Å². The van der Waals surface area contributed by atoms with E-state index in [0.717, 1.165) is 11.6 Å². The Morgan fingerprint density at radius 2 is 1.77 bits per heavy atom. The molecule has 1 aromatic carbocycles.